The van der Waals surface area contributed by atoms with Crippen molar-refractivity contribution in [2.75, 3.05) is 25.5 Å². The molecule has 0 atom stereocenters. The Bertz CT molecular complexity index is 1350. The van der Waals surface area contributed by atoms with Gasteiger partial charge in [0.15, 0.2) is 0 Å². The molecule has 40 heavy (non-hydrogen) atoms. The van der Waals surface area contributed by atoms with Crippen LogP contribution in [0, 0.1) is 0 Å². The van der Waals surface area contributed by atoms with Gasteiger partial charge in [-0.1, -0.05) is 49.7 Å². The molecule has 0 spiro atoms. The van der Waals surface area contributed by atoms with E-state index in [2.05, 4.69) is 15.0 Å². The highest BCUT2D eigenvalue weighted by atomic mass is 32.1. The number of carbonyl (C=O) groups excluding carboxylic acids is 3. The van der Waals surface area contributed by atoms with E-state index in [-0.39, 0.29) is 48.3 Å². The van der Waals surface area contributed by atoms with Gasteiger partial charge in [-0.3, -0.25) is 14.4 Å². The fraction of sp³-hybridized carbons (Fsp3) is 0.400. The number of likely N-dealkylation sites (tertiary alicyclic amines) is 1. The number of carbonyl (C=O) groups is 3. The SMILES string of the molecule is CCCC(F)(F)c1cccc(-c2ccccc2NC(=O)c2csc(C3CCN(C(=O)CCC(=O)OC)CC3)n2)c1. The molecule has 0 radical (unpaired) electrons. The van der Waals surface area contributed by atoms with Gasteiger partial charge in [0.05, 0.1) is 18.5 Å². The highest BCUT2D eigenvalue weighted by molar-refractivity contribution is 7.10. The summed E-state index contributed by atoms with van der Waals surface area (Å²) in [6.07, 6.45) is 1.78. The van der Waals surface area contributed by atoms with Gasteiger partial charge in [-0.25, -0.2) is 13.8 Å². The fourth-order valence-corrected chi connectivity index (χ4v) is 5.80. The van der Waals surface area contributed by atoms with E-state index in [4.69, 9.17) is 0 Å². The number of halogens is 2. The molecule has 1 saturated heterocycles. The number of ether oxygens (including phenoxy) is 1. The minimum absolute atomic E-state index is 0.0478. The van der Waals surface area contributed by atoms with E-state index in [1.165, 1.54) is 30.6 Å². The molecular weight excluding hydrogens is 536 g/mol. The Morgan fingerprint density at radius 3 is 2.58 bits per heavy atom. The van der Waals surface area contributed by atoms with Crippen LogP contribution in [0.3, 0.4) is 0 Å². The summed E-state index contributed by atoms with van der Waals surface area (Å²) < 4.78 is 33.7. The highest BCUT2D eigenvalue weighted by Crippen LogP contribution is 2.37. The first-order valence-electron chi connectivity index (χ1n) is 13.4. The second kappa shape index (κ2) is 13.1. The van der Waals surface area contributed by atoms with Crippen molar-refractivity contribution in [3.63, 3.8) is 0 Å². The number of alkyl halides is 2. The Morgan fingerprint density at radius 2 is 1.85 bits per heavy atom. The van der Waals surface area contributed by atoms with Crippen molar-refractivity contribution in [2.45, 2.75) is 57.3 Å². The van der Waals surface area contributed by atoms with E-state index in [0.29, 0.717) is 36.3 Å². The molecule has 10 heteroatoms. The van der Waals surface area contributed by atoms with Gasteiger partial charge in [-0.2, -0.15) is 0 Å². The number of piperidine rings is 1. The Labute approximate surface area is 236 Å². The normalized spacial score (nSPS) is 14.2. The van der Waals surface area contributed by atoms with Crippen LogP contribution >= 0.6 is 11.3 Å². The first-order chi connectivity index (χ1) is 19.2. The van der Waals surface area contributed by atoms with Gasteiger partial charge in [0.25, 0.3) is 11.8 Å². The molecule has 0 saturated carbocycles. The van der Waals surface area contributed by atoms with Crippen LogP contribution < -0.4 is 5.32 Å². The number of aromatic nitrogens is 1. The molecule has 4 rings (SSSR count). The molecule has 2 amide bonds. The largest absolute Gasteiger partial charge is 0.469 e. The standard InChI is InChI=1S/C30H33F2N3O4S/c1-3-15-30(31,32)22-8-6-7-21(18-22)23-9-4-5-10-24(23)33-28(38)25-19-40-29(34-25)20-13-16-35(17-14-20)26(36)11-12-27(37)39-2/h4-10,18-20H,3,11-17H2,1-2H3,(H,33,38). The predicted molar refractivity (Wildman–Crippen MR) is 151 cm³/mol. The number of methoxy groups -OCH3 is 1. The fourth-order valence-electron chi connectivity index (χ4n) is 4.83. The molecule has 7 nitrogen and oxygen atoms in total. The van der Waals surface area contributed by atoms with Gasteiger partial charge < -0.3 is 15.0 Å². The molecule has 212 valence electrons. The zero-order chi connectivity index (χ0) is 28.7. The molecule has 1 aliphatic rings. The predicted octanol–water partition coefficient (Wildman–Crippen LogP) is 6.61. The molecule has 1 aromatic heterocycles. The first-order valence-corrected chi connectivity index (χ1v) is 14.3. The summed E-state index contributed by atoms with van der Waals surface area (Å²) in [6.45, 7) is 2.86. The summed E-state index contributed by atoms with van der Waals surface area (Å²) in [5.41, 5.74) is 1.99. The average molecular weight is 570 g/mol. The van der Waals surface area contributed by atoms with Crippen molar-refractivity contribution in [1.82, 2.24) is 9.88 Å². The summed E-state index contributed by atoms with van der Waals surface area (Å²) in [4.78, 5) is 43.1. The van der Waals surface area contributed by atoms with Crippen LogP contribution in [0.1, 0.15) is 72.4 Å². The van der Waals surface area contributed by atoms with Gasteiger partial charge in [-0.05, 0) is 30.5 Å². The molecular formula is C30H33F2N3O4S. The molecule has 0 aliphatic carbocycles. The summed E-state index contributed by atoms with van der Waals surface area (Å²) in [6, 6.07) is 13.4. The van der Waals surface area contributed by atoms with Crippen molar-refractivity contribution >= 4 is 34.8 Å². The Morgan fingerprint density at radius 1 is 1.10 bits per heavy atom. The number of esters is 1. The minimum atomic E-state index is -2.92. The van der Waals surface area contributed by atoms with E-state index < -0.39 is 11.9 Å². The number of nitrogens with zero attached hydrogens (tertiary/aromatic N) is 2. The van der Waals surface area contributed by atoms with Crippen LogP contribution in [0.15, 0.2) is 53.9 Å². The van der Waals surface area contributed by atoms with E-state index in [1.807, 2.05) is 0 Å². The second-order valence-corrected chi connectivity index (χ2v) is 10.7. The lowest BCUT2D eigenvalue weighted by atomic mass is 9.97. The molecule has 1 aliphatic heterocycles. The number of benzene rings is 2. The Kier molecular flexibility index (Phi) is 9.63. The molecule has 1 fully saturated rings. The second-order valence-electron chi connectivity index (χ2n) is 9.84. The van der Waals surface area contributed by atoms with Crippen LogP contribution in [0.5, 0.6) is 0 Å². The van der Waals surface area contributed by atoms with Crippen LogP contribution in [0.2, 0.25) is 0 Å². The lowest BCUT2D eigenvalue weighted by Gasteiger charge is -2.31. The van der Waals surface area contributed by atoms with Gasteiger partial charge in [0.2, 0.25) is 5.91 Å². The molecule has 0 unspecified atom stereocenters. The average Bonchev–Trinajstić information content (AvgIpc) is 3.47. The van der Waals surface area contributed by atoms with Crippen LogP contribution in [0.25, 0.3) is 11.1 Å². The van der Waals surface area contributed by atoms with Crippen molar-refractivity contribution in [3.8, 4) is 11.1 Å². The molecule has 3 aromatic rings. The summed E-state index contributed by atoms with van der Waals surface area (Å²) in [5, 5.41) is 5.46. The van der Waals surface area contributed by atoms with Gasteiger partial charge in [-0.15, -0.1) is 11.3 Å². The lowest BCUT2D eigenvalue weighted by Crippen LogP contribution is -2.38. The van der Waals surface area contributed by atoms with Crippen molar-refractivity contribution in [2.24, 2.45) is 0 Å². The highest BCUT2D eigenvalue weighted by Gasteiger charge is 2.30. The Balaban J connectivity index is 1.40. The number of hydrogen-bond acceptors (Lipinski definition) is 6. The summed E-state index contributed by atoms with van der Waals surface area (Å²) in [7, 11) is 1.30. The third-order valence-corrected chi connectivity index (χ3v) is 8.06. The molecule has 0 bridgehead atoms. The van der Waals surface area contributed by atoms with Crippen LogP contribution in [-0.2, 0) is 20.2 Å². The molecule has 2 aromatic carbocycles. The quantitative estimate of drug-likeness (QED) is 0.278. The monoisotopic (exact) mass is 569 g/mol. The Hall–Kier alpha value is -3.66. The van der Waals surface area contributed by atoms with Crippen LogP contribution in [-0.4, -0.2) is 47.9 Å². The van der Waals surface area contributed by atoms with Gasteiger partial charge >= 0.3 is 5.97 Å². The number of hydrogen-bond donors (Lipinski definition) is 1. The van der Waals surface area contributed by atoms with Gasteiger partial charge in [0.1, 0.15) is 5.69 Å². The van der Waals surface area contributed by atoms with Gasteiger partial charge in [0, 0.05) is 54.0 Å². The van der Waals surface area contributed by atoms with E-state index in [1.54, 1.807) is 53.6 Å². The van der Waals surface area contributed by atoms with Crippen LogP contribution in [0.4, 0.5) is 14.5 Å². The zero-order valence-corrected chi connectivity index (χ0v) is 23.4. The third-order valence-electron chi connectivity index (χ3n) is 7.06. The van der Waals surface area contributed by atoms with E-state index >= 15 is 0 Å². The van der Waals surface area contributed by atoms with E-state index in [9.17, 15) is 23.2 Å². The summed E-state index contributed by atoms with van der Waals surface area (Å²) >= 11 is 1.41. The zero-order valence-electron chi connectivity index (χ0n) is 22.6. The first kappa shape index (κ1) is 29.3. The maximum atomic E-state index is 14.6. The molecule has 1 N–H and O–H groups in total. The number of amides is 2. The number of rotatable bonds is 10. The third kappa shape index (κ3) is 7.10. The number of para-hydroxylation sites is 1. The van der Waals surface area contributed by atoms with Crippen molar-refractivity contribution in [3.05, 3.63) is 70.2 Å². The maximum Gasteiger partial charge on any atom is 0.306 e. The topological polar surface area (TPSA) is 88.6 Å². The maximum absolute atomic E-state index is 14.6. The number of nitrogens with one attached hydrogen (secondary N) is 1. The minimum Gasteiger partial charge on any atom is -0.469 e. The van der Waals surface area contributed by atoms with E-state index in [0.717, 1.165) is 17.8 Å². The molecule has 2 heterocycles. The number of anilines is 1. The lowest BCUT2D eigenvalue weighted by molar-refractivity contribution is -0.143. The van der Waals surface area contributed by atoms with Crippen molar-refractivity contribution in [1.29, 1.82) is 0 Å². The van der Waals surface area contributed by atoms with Crippen molar-refractivity contribution < 1.29 is 27.9 Å². The summed E-state index contributed by atoms with van der Waals surface area (Å²) in [5.74, 6) is -3.64. The number of thiazole rings is 1. The smallest absolute Gasteiger partial charge is 0.306 e.